The molecule has 0 aromatic heterocycles. The molecule has 1 aliphatic heterocycles. The van der Waals surface area contributed by atoms with Crippen LogP contribution in [-0.4, -0.2) is 37.0 Å². The van der Waals surface area contributed by atoms with Gasteiger partial charge in [0.2, 0.25) is 0 Å². The second-order valence-corrected chi connectivity index (χ2v) is 6.00. The molecule has 0 fully saturated rings. The second kappa shape index (κ2) is 7.82. The summed E-state index contributed by atoms with van der Waals surface area (Å²) >= 11 is 0. The first kappa shape index (κ1) is 18.3. The van der Waals surface area contributed by atoms with Gasteiger partial charge in [0.25, 0.3) is 11.8 Å². The molecule has 1 heterocycles. The lowest BCUT2D eigenvalue weighted by Gasteiger charge is -2.37. The SMILES string of the molecule is C=CCN1C(=O)c2ccccc2N[C@@H]1c1ccc(OC)c(OCC(N)=O)c1. The van der Waals surface area contributed by atoms with Crippen LogP contribution in [0.15, 0.2) is 55.1 Å². The van der Waals surface area contributed by atoms with Crippen molar-refractivity contribution in [3.8, 4) is 11.5 Å². The number of primary amides is 1. The third kappa shape index (κ3) is 3.72. The molecule has 3 rings (SSSR count). The molecule has 3 N–H and O–H groups in total. The molecule has 0 saturated heterocycles. The highest BCUT2D eigenvalue weighted by Crippen LogP contribution is 2.36. The monoisotopic (exact) mass is 367 g/mol. The Kier molecular flexibility index (Phi) is 5.30. The third-order valence-corrected chi connectivity index (χ3v) is 4.22. The lowest BCUT2D eigenvalue weighted by molar-refractivity contribution is -0.119. The highest BCUT2D eigenvalue weighted by Gasteiger charge is 2.32. The van der Waals surface area contributed by atoms with E-state index in [0.717, 1.165) is 11.3 Å². The fraction of sp³-hybridized carbons (Fsp3) is 0.200. The maximum Gasteiger partial charge on any atom is 0.258 e. The Balaban J connectivity index is 2.00. The van der Waals surface area contributed by atoms with Gasteiger partial charge < -0.3 is 25.4 Å². The highest BCUT2D eigenvalue weighted by atomic mass is 16.5. The molecule has 1 atom stereocenters. The smallest absolute Gasteiger partial charge is 0.258 e. The quantitative estimate of drug-likeness (QED) is 0.733. The number of ether oxygens (including phenoxy) is 2. The molecule has 2 aromatic rings. The van der Waals surface area contributed by atoms with Crippen LogP contribution in [-0.2, 0) is 4.79 Å². The van der Waals surface area contributed by atoms with E-state index in [1.54, 1.807) is 29.2 Å². The van der Waals surface area contributed by atoms with E-state index in [2.05, 4.69) is 11.9 Å². The maximum atomic E-state index is 12.9. The molecule has 0 radical (unpaired) electrons. The predicted molar refractivity (Wildman–Crippen MR) is 102 cm³/mol. The van der Waals surface area contributed by atoms with Crippen molar-refractivity contribution in [1.29, 1.82) is 0 Å². The number of para-hydroxylation sites is 1. The Morgan fingerprint density at radius 3 is 2.78 bits per heavy atom. The number of methoxy groups -OCH3 is 1. The van der Waals surface area contributed by atoms with Crippen LogP contribution in [0.5, 0.6) is 11.5 Å². The summed E-state index contributed by atoms with van der Waals surface area (Å²) in [6.07, 6.45) is 1.25. The minimum Gasteiger partial charge on any atom is -0.493 e. The van der Waals surface area contributed by atoms with Crippen LogP contribution in [0, 0.1) is 0 Å². The number of amides is 2. The van der Waals surface area contributed by atoms with E-state index in [1.165, 1.54) is 7.11 Å². The normalized spacial score (nSPS) is 15.5. The Morgan fingerprint density at radius 1 is 1.30 bits per heavy atom. The fourth-order valence-corrected chi connectivity index (χ4v) is 3.01. The van der Waals surface area contributed by atoms with Crippen molar-refractivity contribution >= 4 is 17.5 Å². The lowest BCUT2D eigenvalue weighted by Crippen LogP contribution is -2.43. The predicted octanol–water partition coefficient (Wildman–Crippen LogP) is 2.31. The van der Waals surface area contributed by atoms with Gasteiger partial charge in [-0.1, -0.05) is 24.3 Å². The van der Waals surface area contributed by atoms with Gasteiger partial charge in [-0.2, -0.15) is 0 Å². The van der Waals surface area contributed by atoms with E-state index in [9.17, 15) is 9.59 Å². The first-order valence-electron chi connectivity index (χ1n) is 8.41. The Morgan fingerprint density at radius 2 is 2.07 bits per heavy atom. The molecule has 7 nitrogen and oxygen atoms in total. The van der Waals surface area contributed by atoms with Crippen LogP contribution in [0.4, 0.5) is 5.69 Å². The molecule has 1 aliphatic rings. The van der Waals surface area contributed by atoms with Crippen LogP contribution in [0.25, 0.3) is 0 Å². The topological polar surface area (TPSA) is 93.9 Å². The number of nitrogens with zero attached hydrogens (tertiary/aromatic N) is 1. The van der Waals surface area contributed by atoms with Crippen molar-refractivity contribution in [3.05, 3.63) is 66.2 Å². The molecule has 2 aromatic carbocycles. The van der Waals surface area contributed by atoms with E-state index in [1.807, 2.05) is 24.3 Å². The van der Waals surface area contributed by atoms with Gasteiger partial charge >= 0.3 is 0 Å². The first-order chi connectivity index (χ1) is 13.0. The zero-order valence-electron chi connectivity index (χ0n) is 15.0. The van der Waals surface area contributed by atoms with Gasteiger partial charge in [0, 0.05) is 12.2 Å². The summed E-state index contributed by atoms with van der Waals surface area (Å²) in [7, 11) is 1.51. The van der Waals surface area contributed by atoms with Gasteiger partial charge in [-0.05, 0) is 29.8 Å². The van der Waals surface area contributed by atoms with E-state index < -0.39 is 12.1 Å². The van der Waals surface area contributed by atoms with E-state index >= 15 is 0 Å². The average Bonchev–Trinajstić information content (AvgIpc) is 2.68. The van der Waals surface area contributed by atoms with E-state index in [4.69, 9.17) is 15.2 Å². The molecule has 27 heavy (non-hydrogen) atoms. The van der Waals surface area contributed by atoms with Crippen molar-refractivity contribution in [2.24, 2.45) is 5.73 Å². The summed E-state index contributed by atoms with van der Waals surface area (Å²) < 4.78 is 10.7. The van der Waals surface area contributed by atoms with Crippen LogP contribution in [0.3, 0.4) is 0 Å². The molecule has 0 aliphatic carbocycles. The molecular formula is C20H21N3O4. The molecule has 2 amide bonds. The van der Waals surface area contributed by atoms with E-state index in [0.29, 0.717) is 23.6 Å². The van der Waals surface area contributed by atoms with Gasteiger partial charge in [-0.25, -0.2) is 0 Å². The van der Waals surface area contributed by atoms with Crippen LogP contribution in [0.1, 0.15) is 22.1 Å². The Hall–Kier alpha value is -3.48. The molecule has 0 bridgehead atoms. The number of anilines is 1. The Labute approximate surface area is 157 Å². The summed E-state index contributed by atoms with van der Waals surface area (Å²) in [4.78, 5) is 25.7. The zero-order chi connectivity index (χ0) is 19.4. The van der Waals surface area contributed by atoms with Crippen LogP contribution in [0.2, 0.25) is 0 Å². The molecular weight excluding hydrogens is 346 g/mol. The molecule has 0 saturated carbocycles. The molecule has 140 valence electrons. The van der Waals surface area contributed by atoms with Crippen LogP contribution < -0.4 is 20.5 Å². The largest absolute Gasteiger partial charge is 0.493 e. The Bertz CT molecular complexity index is 881. The number of hydrogen-bond acceptors (Lipinski definition) is 5. The van der Waals surface area contributed by atoms with Crippen molar-refractivity contribution in [3.63, 3.8) is 0 Å². The fourth-order valence-electron chi connectivity index (χ4n) is 3.01. The van der Waals surface area contributed by atoms with Crippen molar-refractivity contribution in [2.45, 2.75) is 6.17 Å². The summed E-state index contributed by atoms with van der Waals surface area (Å²) in [6.45, 7) is 3.85. The maximum absolute atomic E-state index is 12.9. The number of fused-ring (bicyclic) bond motifs is 1. The number of carbonyl (C=O) groups excluding carboxylic acids is 2. The van der Waals surface area contributed by atoms with Gasteiger partial charge in [0.15, 0.2) is 18.1 Å². The standard InChI is InChI=1S/C20H21N3O4/c1-3-10-23-19(22-15-7-5-4-6-14(15)20(23)25)13-8-9-16(26-2)17(11-13)27-12-18(21)24/h3-9,11,19,22H,1,10,12H2,2H3,(H2,21,24)/t19-/m0/s1. The van der Waals surface area contributed by atoms with Gasteiger partial charge in [0.05, 0.1) is 12.7 Å². The number of hydrogen-bond donors (Lipinski definition) is 2. The summed E-state index contributed by atoms with van der Waals surface area (Å²) in [5.74, 6) is 0.165. The number of nitrogens with one attached hydrogen (secondary N) is 1. The van der Waals surface area contributed by atoms with Gasteiger partial charge in [0.1, 0.15) is 6.17 Å². The second-order valence-electron chi connectivity index (χ2n) is 6.00. The zero-order valence-corrected chi connectivity index (χ0v) is 15.0. The third-order valence-electron chi connectivity index (χ3n) is 4.22. The number of rotatable bonds is 7. The van der Waals surface area contributed by atoms with Crippen molar-refractivity contribution in [2.75, 3.05) is 25.6 Å². The first-order valence-corrected chi connectivity index (χ1v) is 8.41. The van der Waals surface area contributed by atoms with Crippen LogP contribution >= 0.6 is 0 Å². The number of carbonyl (C=O) groups is 2. The summed E-state index contributed by atoms with van der Waals surface area (Å²) in [5, 5.41) is 3.38. The van der Waals surface area contributed by atoms with Crippen molar-refractivity contribution < 1.29 is 19.1 Å². The van der Waals surface area contributed by atoms with Gasteiger partial charge in [-0.3, -0.25) is 9.59 Å². The molecule has 7 heteroatoms. The minimum atomic E-state index is -0.587. The molecule has 0 spiro atoms. The summed E-state index contributed by atoms with van der Waals surface area (Å²) in [5.41, 5.74) is 7.30. The highest BCUT2D eigenvalue weighted by molar-refractivity contribution is 6.01. The molecule has 0 unspecified atom stereocenters. The van der Waals surface area contributed by atoms with E-state index in [-0.39, 0.29) is 12.5 Å². The number of benzene rings is 2. The lowest BCUT2D eigenvalue weighted by atomic mass is 10.0. The minimum absolute atomic E-state index is 0.0929. The van der Waals surface area contributed by atoms with Crippen molar-refractivity contribution in [1.82, 2.24) is 4.90 Å². The van der Waals surface area contributed by atoms with Gasteiger partial charge in [-0.15, -0.1) is 6.58 Å². The average molecular weight is 367 g/mol. The number of nitrogens with two attached hydrogens (primary N) is 1. The summed E-state index contributed by atoms with van der Waals surface area (Å²) in [6, 6.07) is 12.6.